The Hall–Kier alpha value is -4.31. The van der Waals surface area contributed by atoms with E-state index in [0.717, 1.165) is 29.0 Å². The lowest BCUT2D eigenvalue weighted by molar-refractivity contribution is 0.284. The molecule has 202 valence electrons. The third-order valence-electron chi connectivity index (χ3n) is 8.00. The maximum absolute atomic E-state index is 6.09. The van der Waals surface area contributed by atoms with Gasteiger partial charge in [0.25, 0.3) is 0 Å². The average molecular weight is 529 g/mol. The summed E-state index contributed by atoms with van der Waals surface area (Å²) in [6.45, 7) is 6.88. The SMILES string of the molecule is COc1cc(C=Nc2ccc([C@@H]3Nc4ccc(C)cc4[C@H]4C=CC[C@H]43)cc2)ccc1OCc1cc(C)cc(C)c1. The van der Waals surface area contributed by atoms with Gasteiger partial charge in [0.2, 0.25) is 0 Å². The molecule has 0 saturated heterocycles. The number of aliphatic imine (C=N–C) groups is 1. The van der Waals surface area contributed by atoms with Crippen LogP contribution in [0.25, 0.3) is 0 Å². The second-order valence-electron chi connectivity index (χ2n) is 11.1. The van der Waals surface area contributed by atoms with Crippen molar-refractivity contribution in [3.8, 4) is 11.5 Å². The highest BCUT2D eigenvalue weighted by atomic mass is 16.5. The number of hydrogen-bond donors (Lipinski definition) is 1. The molecule has 1 N–H and O–H groups in total. The van der Waals surface area contributed by atoms with Gasteiger partial charge in [-0.25, -0.2) is 0 Å². The predicted octanol–water partition coefficient (Wildman–Crippen LogP) is 8.78. The van der Waals surface area contributed by atoms with Crippen molar-refractivity contribution < 1.29 is 9.47 Å². The van der Waals surface area contributed by atoms with E-state index in [9.17, 15) is 0 Å². The number of ether oxygens (including phenoxy) is 2. The molecule has 1 aliphatic carbocycles. The van der Waals surface area contributed by atoms with Crippen LogP contribution in [0, 0.1) is 26.7 Å². The van der Waals surface area contributed by atoms with Gasteiger partial charge in [-0.3, -0.25) is 4.99 Å². The van der Waals surface area contributed by atoms with Gasteiger partial charge < -0.3 is 14.8 Å². The molecule has 0 saturated carbocycles. The molecule has 0 bridgehead atoms. The summed E-state index contributed by atoms with van der Waals surface area (Å²) in [7, 11) is 1.67. The van der Waals surface area contributed by atoms with Crippen LogP contribution in [0.2, 0.25) is 0 Å². The zero-order chi connectivity index (χ0) is 27.6. The molecule has 0 radical (unpaired) electrons. The van der Waals surface area contributed by atoms with Crippen molar-refractivity contribution in [3.05, 3.63) is 130 Å². The summed E-state index contributed by atoms with van der Waals surface area (Å²) in [6.07, 6.45) is 7.71. The molecule has 4 nitrogen and oxygen atoms in total. The van der Waals surface area contributed by atoms with Gasteiger partial charge in [-0.2, -0.15) is 0 Å². The first-order chi connectivity index (χ1) is 19.5. The van der Waals surface area contributed by atoms with Crippen LogP contribution in [0.4, 0.5) is 11.4 Å². The molecule has 0 spiro atoms. The Labute approximate surface area is 237 Å². The number of hydrogen-bond acceptors (Lipinski definition) is 4. The van der Waals surface area contributed by atoms with E-state index in [-0.39, 0.29) is 6.04 Å². The van der Waals surface area contributed by atoms with Gasteiger partial charge in [-0.15, -0.1) is 0 Å². The van der Waals surface area contributed by atoms with Crippen LogP contribution < -0.4 is 14.8 Å². The molecule has 4 aromatic carbocycles. The van der Waals surface area contributed by atoms with E-state index in [1.54, 1.807) is 7.11 Å². The first-order valence-corrected chi connectivity index (χ1v) is 14.0. The van der Waals surface area contributed by atoms with Gasteiger partial charge in [0.1, 0.15) is 6.61 Å². The molecule has 3 atom stereocenters. The topological polar surface area (TPSA) is 42.8 Å². The second-order valence-corrected chi connectivity index (χ2v) is 11.1. The molecule has 0 fully saturated rings. The number of nitrogens with zero attached hydrogens (tertiary/aromatic N) is 1. The number of benzene rings is 4. The summed E-state index contributed by atoms with van der Waals surface area (Å²) in [5.41, 5.74) is 10.8. The monoisotopic (exact) mass is 528 g/mol. The Bertz CT molecular complexity index is 1570. The number of methoxy groups -OCH3 is 1. The maximum atomic E-state index is 6.09. The fourth-order valence-electron chi connectivity index (χ4n) is 6.16. The van der Waals surface area contributed by atoms with Gasteiger partial charge in [0.05, 0.1) is 18.8 Å². The van der Waals surface area contributed by atoms with Gasteiger partial charge >= 0.3 is 0 Å². The van der Waals surface area contributed by atoms with E-state index in [0.29, 0.717) is 24.2 Å². The van der Waals surface area contributed by atoms with Gasteiger partial charge in [-0.05, 0) is 91.8 Å². The zero-order valence-electron chi connectivity index (χ0n) is 23.6. The van der Waals surface area contributed by atoms with Crippen LogP contribution in [0.15, 0.2) is 96.0 Å². The van der Waals surface area contributed by atoms with Crippen molar-refractivity contribution in [3.63, 3.8) is 0 Å². The lowest BCUT2D eigenvalue weighted by Gasteiger charge is -2.37. The van der Waals surface area contributed by atoms with Gasteiger partial charge in [0.15, 0.2) is 11.5 Å². The highest BCUT2D eigenvalue weighted by Gasteiger charge is 2.37. The molecule has 40 heavy (non-hydrogen) atoms. The van der Waals surface area contributed by atoms with Crippen molar-refractivity contribution in [1.29, 1.82) is 0 Å². The molecule has 0 unspecified atom stereocenters. The van der Waals surface area contributed by atoms with E-state index in [2.05, 4.69) is 98.9 Å². The molecule has 0 aromatic heterocycles. The standard InChI is InChI=1S/C36H36N2O2/c1-23-8-14-33-32(19-23)30-6-5-7-31(30)36(38-33)28-10-12-29(13-11-28)37-21-26-9-15-34(35(20-26)39-4)40-22-27-17-24(2)16-25(3)18-27/h5-6,8-21,30-31,36,38H,7,22H2,1-4H3/t30-,31+,36-/m0/s1. The van der Waals surface area contributed by atoms with Crippen molar-refractivity contribution >= 4 is 17.6 Å². The molecule has 4 heteroatoms. The molecule has 1 heterocycles. The summed E-state index contributed by atoms with van der Waals surface area (Å²) in [5, 5.41) is 3.83. The first-order valence-electron chi connectivity index (χ1n) is 14.0. The van der Waals surface area contributed by atoms with Gasteiger partial charge in [-0.1, -0.05) is 71.3 Å². The Kier molecular flexibility index (Phi) is 7.17. The fourth-order valence-corrected chi connectivity index (χ4v) is 6.16. The first kappa shape index (κ1) is 25.9. The zero-order valence-corrected chi connectivity index (χ0v) is 23.6. The summed E-state index contributed by atoms with van der Waals surface area (Å²) in [4.78, 5) is 4.74. The van der Waals surface area contributed by atoms with Gasteiger partial charge in [0, 0.05) is 17.8 Å². The third kappa shape index (κ3) is 5.40. The lowest BCUT2D eigenvalue weighted by Crippen LogP contribution is -2.29. The molecule has 1 aliphatic heterocycles. The smallest absolute Gasteiger partial charge is 0.161 e. The average Bonchev–Trinajstić information content (AvgIpc) is 3.45. The van der Waals surface area contributed by atoms with Crippen LogP contribution in [-0.4, -0.2) is 13.3 Å². The minimum Gasteiger partial charge on any atom is -0.493 e. The minimum atomic E-state index is 0.286. The van der Waals surface area contributed by atoms with Crippen LogP contribution >= 0.6 is 0 Å². The van der Waals surface area contributed by atoms with E-state index in [1.807, 2.05) is 24.4 Å². The summed E-state index contributed by atoms with van der Waals surface area (Å²) < 4.78 is 11.7. The summed E-state index contributed by atoms with van der Waals surface area (Å²) >= 11 is 0. The highest BCUT2D eigenvalue weighted by Crippen LogP contribution is 2.50. The lowest BCUT2D eigenvalue weighted by atomic mass is 9.76. The van der Waals surface area contributed by atoms with Crippen LogP contribution in [0.3, 0.4) is 0 Å². The molecular formula is C36H36N2O2. The maximum Gasteiger partial charge on any atom is 0.161 e. The Morgan fingerprint density at radius 2 is 1.65 bits per heavy atom. The Morgan fingerprint density at radius 1 is 0.850 bits per heavy atom. The van der Waals surface area contributed by atoms with Crippen molar-refractivity contribution in [1.82, 2.24) is 0 Å². The highest BCUT2D eigenvalue weighted by molar-refractivity contribution is 5.83. The summed E-state index contributed by atoms with van der Waals surface area (Å²) in [6, 6.07) is 28.1. The summed E-state index contributed by atoms with van der Waals surface area (Å²) in [5.74, 6) is 2.43. The Balaban J connectivity index is 1.14. The molecule has 6 rings (SSSR count). The quantitative estimate of drug-likeness (QED) is 0.193. The minimum absolute atomic E-state index is 0.286. The molecule has 4 aromatic rings. The number of aryl methyl sites for hydroxylation is 3. The largest absolute Gasteiger partial charge is 0.493 e. The number of nitrogens with one attached hydrogen (secondary N) is 1. The van der Waals surface area contributed by atoms with E-state index in [1.165, 1.54) is 33.5 Å². The van der Waals surface area contributed by atoms with Crippen molar-refractivity contribution in [2.24, 2.45) is 10.9 Å². The normalized spacial score (nSPS) is 19.2. The van der Waals surface area contributed by atoms with Crippen molar-refractivity contribution in [2.45, 2.75) is 45.8 Å². The molecular weight excluding hydrogens is 492 g/mol. The van der Waals surface area contributed by atoms with E-state index in [4.69, 9.17) is 14.5 Å². The fraction of sp³-hybridized carbons (Fsp3) is 0.250. The number of fused-ring (bicyclic) bond motifs is 3. The molecule has 0 amide bonds. The van der Waals surface area contributed by atoms with Crippen molar-refractivity contribution in [2.75, 3.05) is 12.4 Å². The predicted molar refractivity (Wildman–Crippen MR) is 164 cm³/mol. The second kappa shape index (κ2) is 11.1. The van der Waals surface area contributed by atoms with Crippen LogP contribution in [-0.2, 0) is 6.61 Å². The number of allylic oxidation sites excluding steroid dienone is 2. The van der Waals surface area contributed by atoms with E-state index >= 15 is 0 Å². The van der Waals surface area contributed by atoms with Crippen LogP contribution in [0.1, 0.15) is 57.3 Å². The Morgan fingerprint density at radius 3 is 2.42 bits per heavy atom. The molecule has 2 aliphatic rings. The number of anilines is 1. The third-order valence-corrected chi connectivity index (χ3v) is 8.00. The van der Waals surface area contributed by atoms with E-state index < -0.39 is 0 Å². The van der Waals surface area contributed by atoms with Crippen LogP contribution in [0.5, 0.6) is 11.5 Å². The number of rotatable bonds is 7.